The van der Waals surface area contributed by atoms with E-state index in [9.17, 15) is 4.79 Å². The highest BCUT2D eigenvalue weighted by Crippen LogP contribution is 2.44. The summed E-state index contributed by atoms with van der Waals surface area (Å²) in [6.45, 7) is 9.18. The van der Waals surface area contributed by atoms with Crippen molar-refractivity contribution in [2.24, 2.45) is 17.8 Å². The zero-order valence-corrected chi connectivity index (χ0v) is 18.0. The van der Waals surface area contributed by atoms with E-state index in [4.69, 9.17) is 9.47 Å². The smallest absolute Gasteiger partial charge is 0.231 e. The summed E-state index contributed by atoms with van der Waals surface area (Å²) in [5.41, 5.74) is -0.0919. The predicted molar refractivity (Wildman–Crippen MR) is 110 cm³/mol. The number of nitrogens with one attached hydrogen (secondary N) is 1. The number of anilines is 1. The van der Waals surface area contributed by atoms with Crippen LogP contribution in [0.2, 0.25) is 0 Å². The Morgan fingerprint density at radius 3 is 2.45 bits per heavy atom. The van der Waals surface area contributed by atoms with Crippen LogP contribution in [-0.4, -0.2) is 73.3 Å². The van der Waals surface area contributed by atoms with E-state index in [0.717, 1.165) is 45.6 Å². The predicted octanol–water partition coefficient (Wildman–Crippen LogP) is 1.56. The van der Waals surface area contributed by atoms with Gasteiger partial charge in [0.25, 0.3) is 0 Å². The Bertz CT molecular complexity index is 728. The Morgan fingerprint density at radius 2 is 1.86 bits per heavy atom. The molecule has 1 amide bonds. The lowest BCUT2D eigenvalue weighted by Gasteiger charge is -2.42. The fraction of sp³-hybridized carbons (Fsp3) is 0.762. The van der Waals surface area contributed by atoms with Crippen LogP contribution in [0.5, 0.6) is 11.8 Å². The van der Waals surface area contributed by atoms with Gasteiger partial charge in [-0.05, 0) is 18.8 Å². The van der Waals surface area contributed by atoms with Gasteiger partial charge in [0.1, 0.15) is 0 Å². The normalized spacial score (nSPS) is 27.0. The first-order chi connectivity index (χ1) is 14.0. The molecule has 8 nitrogen and oxygen atoms in total. The minimum atomic E-state index is -0.0919. The maximum absolute atomic E-state index is 12.7. The van der Waals surface area contributed by atoms with Gasteiger partial charge in [0.15, 0.2) is 0 Å². The number of hydrogen-bond donors (Lipinski definition) is 1. The van der Waals surface area contributed by atoms with Gasteiger partial charge >= 0.3 is 0 Å². The monoisotopic (exact) mass is 403 g/mol. The molecule has 3 aliphatic rings. The van der Waals surface area contributed by atoms with Crippen LogP contribution < -0.4 is 19.7 Å². The minimum absolute atomic E-state index is 0.0919. The topological polar surface area (TPSA) is 79.8 Å². The molecule has 1 aromatic rings. The molecule has 0 unspecified atom stereocenters. The van der Waals surface area contributed by atoms with E-state index >= 15 is 0 Å². The van der Waals surface area contributed by atoms with Crippen molar-refractivity contribution < 1.29 is 14.3 Å². The van der Waals surface area contributed by atoms with E-state index in [1.54, 1.807) is 20.3 Å². The highest BCUT2D eigenvalue weighted by atomic mass is 16.5. The number of aromatic nitrogens is 2. The largest absolute Gasteiger partial charge is 0.481 e. The molecule has 0 bridgehead atoms. The lowest BCUT2D eigenvalue weighted by atomic mass is 9.75. The number of carbonyl (C=O) groups excluding carboxylic acids is 1. The molecule has 0 aliphatic carbocycles. The van der Waals surface area contributed by atoms with Crippen molar-refractivity contribution in [2.75, 3.05) is 51.8 Å². The molecule has 4 heterocycles. The van der Waals surface area contributed by atoms with Gasteiger partial charge in [0, 0.05) is 44.2 Å². The van der Waals surface area contributed by atoms with Gasteiger partial charge in [0.05, 0.1) is 26.2 Å². The summed E-state index contributed by atoms with van der Waals surface area (Å²) in [6, 6.07) is 1.68. The Hall–Kier alpha value is -2.09. The van der Waals surface area contributed by atoms with Crippen LogP contribution in [0.15, 0.2) is 6.07 Å². The van der Waals surface area contributed by atoms with Gasteiger partial charge in [-0.15, -0.1) is 0 Å². The molecule has 1 N–H and O–H groups in total. The highest BCUT2D eigenvalue weighted by Gasteiger charge is 2.57. The summed E-state index contributed by atoms with van der Waals surface area (Å²) in [6.07, 6.45) is 3.02. The van der Waals surface area contributed by atoms with Gasteiger partial charge in [-0.3, -0.25) is 4.79 Å². The standard InChI is InChI=1S/C21H33N5O3/c1-5-14(2)11-25-12-15-16(13-25)21(24-19(15)27)6-8-26(9-7-21)20-22-17(28-3)10-18(23-20)29-4/h10,14-16H,5-9,11-13H2,1-4H3,(H,24,27)/t14-,15-,16-/m0/s1. The van der Waals surface area contributed by atoms with E-state index in [-0.39, 0.29) is 17.4 Å². The average Bonchev–Trinajstić information content (AvgIpc) is 3.27. The van der Waals surface area contributed by atoms with Crippen molar-refractivity contribution in [3.63, 3.8) is 0 Å². The number of likely N-dealkylation sites (tertiary alicyclic amines) is 1. The number of fused-ring (bicyclic) bond motifs is 2. The molecule has 4 rings (SSSR count). The van der Waals surface area contributed by atoms with Crippen molar-refractivity contribution in [3.05, 3.63) is 6.07 Å². The second-order valence-corrected chi connectivity index (χ2v) is 8.83. The van der Waals surface area contributed by atoms with E-state index in [1.807, 2.05) is 0 Å². The summed E-state index contributed by atoms with van der Waals surface area (Å²) in [5.74, 6) is 3.09. The van der Waals surface area contributed by atoms with Gasteiger partial charge in [-0.1, -0.05) is 20.3 Å². The summed E-state index contributed by atoms with van der Waals surface area (Å²) in [7, 11) is 3.19. The first-order valence-corrected chi connectivity index (χ1v) is 10.7. The molecule has 160 valence electrons. The molecular formula is C21H33N5O3. The number of amides is 1. The molecule has 3 saturated heterocycles. The number of rotatable bonds is 6. The number of hydrogen-bond acceptors (Lipinski definition) is 7. The number of ether oxygens (including phenoxy) is 2. The summed E-state index contributed by atoms with van der Waals surface area (Å²) in [5, 5.41) is 3.39. The minimum Gasteiger partial charge on any atom is -0.481 e. The SMILES string of the molecule is CC[C@H](C)CN1C[C@@H]2C(=O)NC3(CCN(c4nc(OC)cc(OC)n4)CC3)[C@H]2C1. The maximum Gasteiger partial charge on any atom is 0.231 e. The number of methoxy groups -OCH3 is 2. The van der Waals surface area contributed by atoms with E-state index in [1.165, 1.54) is 6.42 Å². The van der Waals surface area contributed by atoms with Crippen molar-refractivity contribution in [2.45, 2.75) is 38.6 Å². The Kier molecular flexibility index (Phi) is 5.55. The highest BCUT2D eigenvalue weighted by molar-refractivity contribution is 5.83. The molecule has 8 heteroatoms. The number of carbonyl (C=O) groups is 1. The van der Waals surface area contributed by atoms with Crippen LogP contribution in [0.3, 0.4) is 0 Å². The third-order valence-electron chi connectivity index (χ3n) is 7.11. The van der Waals surface area contributed by atoms with Crippen molar-refractivity contribution in [1.29, 1.82) is 0 Å². The first-order valence-electron chi connectivity index (χ1n) is 10.7. The second kappa shape index (κ2) is 7.97. The molecule has 3 aliphatic heterocycles. The van der Waals surface area contributed by atoms with Crippen molar-refractivity contribution in [3.8, 4) is 11.8 Å². The molecule has 3 atom stereocenters. The van der Waals surface area contributed by atoms with Crippen LogP contribution >= 0.6 is 0 Å². The van der Waals surface area contributed by atoms with Gasteiger partial charge in [-0.2, -0.15) is 9.97 Å². The van der Waals surface area contributed by atoms with Gasteiger partial charge < -0.3 is 24.6 Å². The number of nitrogens with zero attached hydrogens (tertiary/aromatic N) is 4. The molecule has 29 heavy (non-hydrogen) atoms. The Balaban J connectivity index is 1.45. The van der Waals surface area contributed by atoms with E-state index in [2.05, 4.69) is 38.9 Å². The van der Waals surface area contributed by atoms with E-state index in [0.29, 0.717) is 29.5 Å². The maximum atomic E-state index is 12.7. The lowest BCUT2D eigenvalue weighted by Crippen LogP contribution is -2.55. The summed E-state index contributed by atoms with van der Waals surface area (Å²) in [4.78, 5) is 26.4. The third kappa shape index (κ3) is 3.74. The molecule has 0 saturated carbocycles. The van der Waals surface area contributed by atoms with Crippen LogP contribution in [-0.2, 0) is 4.79 Å². The van der Waals surface area contributed by atoms with Crippen LogP contribution in [0.1, 0.15) is 33.1 Å². The third-order valence-corrected chi connectivity index (χ3v) is 7.11. The van der Waals surface area contributed by atoms with Crippen molar-refractivity contribution in [1.82, 2.24) is 20.2 Å². The quantitative estimate of drug-likeness (QED) is 0.772. The lowest BCUT2D eigenvalue weighted by molar-refractivity contribution is -0.123. The fourth-order valence-corrected chi connectivity index (χ4v) is 5.20. The molecule has 1 aromatic heterocycles. The van der Waals surface area contributed by atoms with Gasteiger partial charge in [0.2, 0.25) is 23.6 Å². The molecule has 3 fully saturated rings. The molecule has 1 spiro atoms. The summed E-state index contributed by atoms with van der Waals surface area (Å²) >= 11 is 0. The Morgan fingerprint density at radius 1 is 1.21 bits per heavy atom. The molecule has 0 aromatic carbocycles. The van der Waals surface area contributed by atoms with Crippen LogP contribution in [0.25, 0.3) is 0 Å². The molecule has 0 radical (unpaired) electrons. The summed E-state index contributed by atoms with van der Waals surface area (Å²) < 4.78 is 10.6. The van der Waals surface area contributed by atoms with Crippen LogP contribution in [0.4, 0.5) is 5.95 Å². The number of piperidine rings is 1. The zero-order valence-electron chi connectivity index (χ0n) is 18.0. The average molecular weight is 404 g/mol. The Labute approximate surface area is 173 Å². The van der Waals surface area contributed by atoms with Crippen molar-refractivity contribution >= 4 is 11.9 Å². The zero-order chi connectivity index (χ0) is 20.6. The van der Waals surface area contributed by atoms with Crippen LogP contribution in [0, 0.1) is 17.8 Å². The van der Waals surface area contributed by atoms with E-state index < -0.39 is 0 Å². The first kappa shape index (κ1) is 20.2. The molecular weight excluding hydrogens is 370 g/mol. The van der Waals surface area contributed by atoms with Gasteiger partial charge in [-0.25, -0.2) is 0 Å². The second-order valence-electron chi connectivity index (χ2n) is 8.83. The fourth-order valence-electron chi connectivity index (χ4n) is 5.20.